The average molecular weight is 468 g/mol. The van der Waals surface area contributed by atoms with Crippen LogP contribution in [0.1, 0.15) is 16.1 Å². The van der Waals surface area contributed by atoms with E-state index in [4.69, 9.17) is 11.6 Å². The average Bonchev–Trinajstić information content (AvgIpc) is 3.40. The Kier molecular flexibility index (Phi) is 5.09. The molecule has 31 heavy (non-hydrogen) atoms. The third-order valence-electron chi connectivity index (χ3n) is 4.68. The molecular weight excluding hydrogens is 454 g/mol. The van der Waals surface area contributed by atoms with Gasteiger partial charge in [-0.1, -0.05) is 64.9 Å². The third kappa shape index (κ3) is 3.87. The van der Waals surface area contributed by atoms with Gasteiger partial charge >= 0.3 is 0 Å². The molecule has 5 rings (SSSR count). The van der Waals surface area contributed by atoms with Crippen molar-refractivity contribution in [1.29, 1.82) is 0 Å². The van der Waals surface area contributed by atoms with E-state index in [0.29, 0.717) is 25.7 Å². The lowest BCUT2D eigenvalue weighted by molar-refractivity contribution is -0.123. The minimum Gasteiger partial charge on any atom is -0.268 e. The molecule has 2 aromatic carbocycles. The molecule has 2 amide bonds. The fraction of sp³-hybridized carbons (Fsp3) is 0.0952. The van der Waals surface area contributed by atoms with Crippen LogP contribution in [0.25, 0.3) is 22.4 Å². The van der Waals surface area contributed by atoms with E-state index in [2.05, 4.69) is 15.3 Å². The summed E-state index contributed by atoms with van der Waals surface area (Å²) in [6.45, 7) is 2.10. The maximum atomic E-state index is 12.8. The predicted molar refractivity (Wildman–Crippen MR) is 122 cm³/mol. The minimum absolute atomic E-state index is 0.0873. The van der Waals surface area contributed by atoms with Crippen LogP contribution in [0, 0.1) is 6.92 Å². The van der Waals surface area contributed by atoms with Crippen LogP contribution in [0.3, 0.4) is 0 Å². The van der Waals surface area contributed by atoms with Gasteiger partial charge in [0.05, 0.1) is 11.4 Å². The van der Waals surface area contributed by atoms with Gasteiger partial charge in [-0.3, -0.25) is 14.5 Å². The maximum Gasteiger partial charge on any atom is 0.293 e. The van der Waals surface area contributed by atoms with Gasteiger partial charge in [0, 0.05) is 10.6 Å². The molecule has 7 nitrogen and oxygen atoms in total. The Morgan fingerprint density at radius 3 is 2.52 bits per heavy atom. The lowest BCUT2D eigenvalue weighted by atomic mass is 10.1. The second-order valence-electron chi connectivity index (χ2n) is 6.90. The molecule has 1 aliphatic heterocycles. The summed E-state index contributed by atoms with van der Waals surface area (Å²) in [5.41, 5.74) is 2.85. The Morgan fingerprint density at radius 1 is 1.03 bits per heavy atom. The fourth-order valence-corrected chi connectivity index (χ4v) is 4.87. The summed E-state index contributed by atoms with van der Waals surface area (Å²) in [6, 6.07) is 15.0. The molecule has 3 heterocycles. The molecule has 0 spiro atoms. The van der Waals surface area contributed by atoms with Gasteiger partial charge in [0.25, 0.3) is 11.1 Å². The molecule has 4 aromatic rings. The minimum atomic E-state index is -0.338. The van der Waals surface area contributed by atoms with Gasteiger partial charge in [-0.05, 0) is 42.5 Å². The Labute approximate surface area is 190 Å². The monoisotopic (exact) mass is 467 g/mol. The Bertz CT molecular complexity index is 1340. The molecular formula is C21H14ClN5O2S2. The Hall–Kier alpha value is -3.01. The van der Waals surface area contributed by atoms with E-state index in [1.165, 1.54) is 16.2 Å². The first kappa shape index (κ1) is 19.9. The third-order valence-corrected chi connectivity index (χ3v) is 6.72. The van der Waals surface area contributed by atoms with Gasteiger partial charge in [0.2, 0.25) is 4.96 Å². The van der Waals surface area contributed by atoms with Crippen LogP contribution in [0.5, 0.6) is 0 Å². The van der Waals surface area contributed by atoms with Gasteiger partial charge in [0.1, 0.15) is 5.01 Å². The molecule has 154 valence electrons. The number of hydrogen-bond acceptors (Lipinski definition) is 7. The summed E-state index contributed by atoms with van der Waals surface area (Å²) < 4.78 is 1.65. The molecule has 0 aliphatic carbocycles. The standard InChI is InChI=1S/C21H14ClN5O2S2/c1-12-2-6-14(7-3-12)18-23-24-20-27(18)25-17(31-20)11-26-19(28)16(30-21(26)29)10-13-4-8-15(22)9-5-13/h2-10H,11H2,1H3/b16-10-. The summed E-state index contributed by atoms with van der Waals surface area (Å²) in [6.07, 6.45) is 1.69. The van der Waals surface area contributed by atoms with Crippen molar-refractivity contribution in [3.8, 4) is 11.4 Å². The van der Waals surface area contributed by atoms with Crippen LogP contribution in [0.15, 0.2) is 53.4 Å². The van der Waals surface area contributed by atoms with Crippen molar-refractivity contribution in [1.82, 2.24) is 24.7 Å². The number of nitrogens with zero attached hydrogens (tertiary/aromatic N) is 5. The van der Waals surface area contributed by atoms with Gasteiger partial charge in [-0.2, -0.15) is 9.61 Å². The quantitative estimate of drug-likeness (QED) is 0.390. The number of carbonyl (C=O) groups excluding carboxylic acids is 2. The van der Waals surface area contributed by atoms with Crippen molar-refractivity contribution in [2.75, 3.05) is 0 Å². The summed E-state index contributed by atoms with van der Waals surface area (Å²) >= 11 is 8.12. The largest absolute Gasteiger partial charge is 0.293 e. The van der Waals surface area contributed by atoms with Crippen LogP contribution in [-0.4, -0.2) is 35.9 Å². The molecule has 0 atom stereocenters. The van der Waals surface area contributed by atoms with E-state index < -0.39 is 0 Å². The highest BCUT2D eigenvalue weighted by Crippen LogP contribution is 2.34. The highest BCUT2D eigenvalue weighted by atomic mass is 35.5. The number of halogens is 1. The lowest BCUT2D eigenvalue weighted by Gasteiger charge is -2.09. The van der Waals surface area contributed by atoms with E-state index in [0.717, 1.165) is 28.5 Å². The zero-order valence-electron chi connectivity index (χ0n) is 16.2. The summed E-state index contributed by atoms with van der Waals surface area (Å²) in [5, 5.41) is 13.8. The number of imide groups is 1. The van der Waals surface area contributed by atoms with E-state index in [1.54, 1.807) is 34.9 Å². The highest BCUT2D eigenvalue weighted by Gasteiger charge is 2.36. The SMILES string of the molecule is Cc1ccc(-c2nnc3sc(CN4C(=O)S/C(=C\c5ccc(Cl)cc5)C4=O)nn23)cc1. The highest BCUT2D eigenvalue weighted by molar-refractivity contribution is 8.18. The number of hydrogen-bond donors (Lipinski definition) is 0. The van der Waals surface area contributed by atoms with Crippen LogP contribution < -0.4 is 0 Å². The number of fused-ring (bicyclic) bond motifs is 1. The molecule has 2 aromatic heterocycles. The van der Waals surface area contributed by atoms with Crippen molar-refractivity contribution >= 4 is 56.9 Å². The number of rotatable bonds is 4. The normalized spacial score (nSPS) is 15.5. The maximum absolute atomic E-state index is 12.8. The number of aromatic nitrogens is 4. The molecule has 0 radical (unpaired) electrons. The number of amides is 2. The van der Waals surface area contributed by atoms with E-state index in [-0.39, 0.29) is 17.7 Å². The van der Waals surface area contributed by atoms with Crippen LogP contribution in [0.2, 0.25) is 5.02 Å². The molecule has 0 saturated carbocycles. The van der Waals surface area contributed by atoms with Gasteiger partial charge < -0.3 is 0 Å². The van der Waals surface area contributed by atoms with Crippen LogP contribution in [0.4, 0.5) is 4.79 Å². The predicted octanol–water partition coefficient (Wildman–Crippen LogP) is 5.05. The van der Waals surface area contributed by atoms with Crippen LogP contribution >= 0.6 is 34.7 Å². The number of thioether (sulfide) groups is 1. The first-order valence-corrected chi connectivity index (χ1v) is 11.3. The van der Waals surface area contributed by atoms with Crippen molar-refractivity contribution in [3.05, 3.63) is 74.6 Å². The summed E-state index contributed by atoms with van der Waals surface area (Å²) in [5.74, 6) is 0.281. The van der Waals surface area contributed by atoms with E-state index in [9.17, 15) is 9.59 Å². The number of benzene rings is 2. The lowest BCUT2D eigenvalue weighted by Crippen LogP contribution is -2.27. The molecule has 0 N–H and O–H groups in total. The molecule has 1 saturated heterocycles. The van der Waals surface area contributed by atoms with Crippen molar-refractivity contribution < 1.29 is 9.59 Å². The van der Waals surface area contributed by atoms with Crippen molar-refractivity contribution in [2.45, 2.75) is 13.5 Å². The van der Waals surface area contributed by atoms with Gasteiger partial charge in [0.15, 0.2) is 5.82 Å². The topological polar surface area (TPSA) is 80.5 Å². The molecule has 0 bridgehead atoms. The Morgan fingerprint density at radius 2 is 1.77 bits per heavy atom. The molecule has 10 heteroatoms. The second-order valence-corrected chi connectivity index (χ2v) is 9.37. The number of aryl methyl sites for hydroxylation is 1. The van der Waals surface area contributed by atoms with Gasteiger partial charge in [-0.15, -0.1) is 10.2 Å². The molecule has 1 aliphatic rings. The van der Waals surface area contributed by atoms with Crippen molar-refractivity contribution in [2.24, 2.45) is 0 Å². The van der Waals surface area contributed by atoms with Crippen LogP contribution in [-0.2, 0) is 11.3 Å². The van der Waals surface area contributed by atoms with E-state index >= 15 is 0 Å². The first-order chi connectivity index (χ1) is 15.0. The Balaban J connectivity index is 1.39. The van der Waals surface area contributed by atoms with Gasteiger partial charge in [-0.25, -0.2) is 0 Å². The van der Waals surface area contributed by atoms with E-state index in [1.807, 2.05) is 31.2 Å². The molecule has 1 fully saturated rings. The smallest absolute Gasteiger partial charge is 0.268 e. The molecule has 0 unspecified atom stereocenters. The fourth-order valence-electron chi connectivity index (χ4n) is 3.09. The summed E-state index contributed by atoms with van der Waals surface area (Å²) in [7, 11) is 0. The zero-order valence-corrected chi connectivity index (χ0v) is 18.5. The first-order valence-electron chi connectivity index (χ1n) is 9.27. The van der Waals surface area contributed by atoms with Crippen molar-refractivity contribution in [3.63, 3.8) is 0 Å². The zero-order chi connectivity index (χ0) is 21.5. The summed E-state index contributed by atoms with van der Waals surface area (Å²) in [4.78, 5) is 27.4. The second kappa shape index (κ2) is 7.92. The number of carbonyl (C=O) groups is 2.